The minimum absolute atomic E-state index is 0.609. The van der Waals surface area contributed by atoms with Gasteiger partial charge in [0, 0.05) is 25.7 Å². The lowest BCUT2D eigenvalue weighted by Crippen LogP contribution is -2.45. The third kappa shape index (κ3) is 7.24. The quantitative estimate of drug-likeness (QED) is 0.687. The molecular formula is C14H32N2. The first kappa shape index (κ1) is 15.9. The SMILES string of the molecule is CNC(CN(CC(C)C)CC(C)C)C(C)C. The van der Waals surface area contributed by atoms with Gasteiger partial charge >= 0.3 is 0 Å². The zero-order valence-electron chi connectivity index (χ0n) is 12.4. The van der Waals surface area contributed by atoms with Crippen LogP contribution in [0, 0.1) is 17.8 Å². The van der Waals surface area contributed by atoms with Crippen LogP contribution in [0.3, 0.4) is 0 Å². The Morgan fingerprint density at radius 3 is 1.50 bits per heavy atom. The van der Waals surface area contributed by atoms with E-state index in [2.05, 4.69) is 58.8 Å². The zero-order chi connectivity index (χ0) is 12.7. The summed E-state index contributed by atoms with van der Waals surface area (Å²) in [7, 11) is 2.08. The van der Waals surface area contributed by atoms with Gasteiger partial charge in [-0.15, -0.1) is 0 Å². The van der Waals surface area contributed by atoms with Crippen LogP contribution in [-0.4, -0.2) is 37.6 Å². The maximum atomic E-state index is 3.44. The Morgan fingerprint density at radius 2 is 1.25 bits per heavy atom. The van der Waals surface area contributed by atoms with Gasteiger partial charge < -0.3 is 10.2 Å². The Bertz CT molecular complexity index is 154. The predicted molar refractivity (Wildman–Crippen MR) is 73.8 cm³/mol. The van der Waals surface area contributed by atoms with Gasteiger partial charge in [-0.2, -0.15) is 0 Å². The van der Waals surface area contributed by atoms with Gasteiger partial charge in [0.1, 0.15) is 0 Å². The Morgan fingerprint density at radius 1 is 0.812 bits per heavy atom. The Hall–Kier alpha value is -0.0800. The molecule has 1 atom stereocenters. The number of rotatable bonds is 8. The van der Waals surface area contributed by atoms with Crippen LogP contribution in [0.2, 0.25) is 0 Å². The topological polar surface area (TPSA) is 15.3 Å². The van der Waals surface area contributed by atoms with E-state index in [0.717, 1.165) is 11.8 Å². The van der Waals surface area contributed by atoms with Gasteiger partial charge in [-0.3, -0.25) is 0 Å². The summed E-state index contributed by atoms with van der Waals surface area (Å²) < 4.78 is 0. The standard InChI is InChI=1S/C14H32N2/c1-11(2)8-16(9-12(3)4)10-14(15-7)13(5)6/h11-15H,8-10H2,1-7H3. The first-order chi connectivity index (χ1) is 7.36. The summed E-state index contributed by atoms with van der Waals surface area (Å²) in [6.45, 7) is 17.4. The summed E-state index contributed by atoms with van der Waals surface area (Å²) in [5.74, 6) is 2.21. The third-order valence-corrected chi connectivity index (χ3v) is 2.88. The molecule has 0 aliphatic heterocycles. The molecule has 0 spiro atoms. The van der Waals surface area contributed by atoms with Crippen LogP contribution in [0.1, 0.15) is 41.5 Å². The summed E-state index contributed by atoms with van der Waals surface area (Å²) in [5, 5.41) is 3.44. The van der Waals surface area contributed by atoms with Crippen molar-refractivity contribution in [3.8, 4) is 0 Å². The van der Waals surface area contributed by atoms with Crippen LogP contribution in [0.25, 0.3) is 0 Å². The monoisotopic (exact) mass is 228 g/mol. The summed E-state index contributed by atoms with van der Waals surface area (Å²) in [4.78, 5) is 2.61. The molecule has 98 valence electrons. The summed E-state index contributed by atoms with van der Waals surface area (Å²) >= 11 is 0. The summed E-state index contributed by atoms with van der Waals surface area (Å²) in [6, 6.07) is 0.609. The van der Waals surface area contributed by atoms with Crippen molar-refractivity contribution < 1.29 is 0 Å². The highest BCUT2D eigenvalue weighted by atomic mass is 15.1. The predicted octanol–water partition coefficient (Wildman–Crippen LogP) is 2.84. The second-order valence-electron chi connectivity index (χ2n) is 6.15. The molecule has 0 aliphatic rings. The second kappa shape index (κ2) is 8.08. The molecule has 0 aromatic heterocycles. The van der Waals surface area contributed by atoms with Crippen LogP contribution in [0.4, 0.5) is 0 Å². The molecule has 0 aliphatic carbocycles. The molecule has 0 aromatic rings. The van der Waals surface area contributed by atoms with Crippen molar-refractivity contribution in [2.24, 2.45) is 17.8 Å². The lowest BCUT2D eigenvalue weighted by atomic mass is 10.0. The molecule has 16 heavy (non-hydrogen) atoms. The van der Waals surface area contributed by atoms with Gasteiger partial charge in [-0.25, -0.2) is 0 Å². The molecular weight excluding hydrogens is 196 g/mol. The van der Waals surface area contributed by atoms with Crippen molar-refractivity contribution in [1.29, 1.82) is 0 Å². The number of hydrogen-bond acceptors (Lipinski definition) is 2. The minimum atomic E-state index is 0.609. The van der Waals surface area contributed by atoms with Crippen LogP contribution in [0.15, 0.2) is 0 Å². The van der Waals surface area contributed by atoms with E-state index in [4.69, 9.17) is 0 Å². The van der Waals surface area contributed by atoms with Gasteiger partial charge in [0.15, 0.2) is 0 Å². The fourth-order valence-electron chi connectivity index (χ4n) is 2.17. The molecule has 2 heteroatoms. The fourth-order valence-corrected chi connectivity index (χ4v) is 2.17. The van der Waals surface area contributed by atoms with Crippen molar-refractivity contribution in [3.05, 3.63) is 0 Å². The molecule has 1 N–H and O–H groups in total. The van der Waals surface area contributed by atoms with Gasteiger partial charge in [0.05, 0.1) is 0 Å². The van der Waals surface area contributed by atoms with E-state index < -0.39 is 0 Å². The lowest BCUT2D eigenvalue weighted by molar-refractivity contribution is 0.184. The Labute approximate surface area is 103 Å². The molecule has 0 saturated carbocycles. The Kier molecular flexibility index (Phi) is 8.04. The maximum Gasteiger partial charge on any atom is 0.0214 e. The van der Waals surface area contributed by atoms with Crippen LogP contribution in [-0.2, 0) is 0 Å². The molecule has 0 fully saturated rings. The minimum Gasteiger partial charge on any atom is -0.315 e. The van der Waals surface area contributed by atoms with E-state index in [9.17, 15) is 0 Å². The lowest BCUT2D eigenvalue weighted by Gasteiger charge is -2.31. The van der Waals surface area contributed by atoms with Crippen molar-refractivity contribution in [1.82, 2.24) is 10.2 Å². The molecule has 0 amide bonds. The van der Waals surface area contributed by atoms with Crippen LogP contribution < -0.4 is 5.32 Å². The maximum absolute atomic E-state index is 3.44. The number of hydrogen-bond donors (Lipinski definition) is 1. The molecule has 0 bridgehead atoms. The zero-order valence-corrected chi connectivity index (χ0v) is 12.4. The summed E-state index contributed by atoms with van der Waals surface area (Å²) in [6.07, 6.45) is 0. The molecule has 0 rings (SSSR count). The normalized spacial score (nSPS) is 14.4. The first-order valence-corrected chi connectivity index (χ1v) is 6.76. The summed E-state index contributed by atoms with van der Waals surface area (Å²) in [5.41, 5.74) is 0. The van der Waals surface area contributed by atoms with Gasteiger partial charge in [0.2, 0.25) is 0 Å². The number of likely N-dealkylation sites (N-methyl/N-ethyl adjacent to an activating group) is 1. The highest BCUT2D eigenvalue weighted by molar-refractivity contribution is 4.75. The van der Waals surface area contributed by atoms with E-state index in [1.807, 2.05) is 0 Å². The molecule has 0 radical (unpaired) electrons. The van der Waals surface area contributed by atoms with Crippen LogP contribution in [0.5, 0.6) is 0 Å². The molecule has 0 aromatic carbocycles. The van der Waals surface area contributed by atoms with Crippen LogP contribution >= 0.6 is 0 Å². The number of nitrogens with one attached hydrogen (secondary N) is 1. The van der Waals surface area contributed by atoms with E-state index >= 15 is 0 Å². The van der Waals surface area contributed by atoms with Gasteiger partial charge in [0.25, 0.3) is 0 Å². The van der Waals surface area contributed by atoms with Crippen molar-refractivity contribution in [3.63, 3.8) is 0 Å². The van der Waals surface area contributed by atoms with E-state index in [0.29, 0.717) is 12.0 Å². The van der Waals surface area contributed by atoms with E-state index in [1.54, 1.807) is 0 Å². The van der Waals surface area contributed by atoms with Crippen molar-refractivity contribution >= 4 is 0 Å². The largest absolute Gasteiger partial charge is 0.315 e. The molecule has 1 unspecified atom stereocenters. The average molecular weight is 228 g/mol. The fraction of sp³-hybridized carbons (Fsp3) is 1.00. The van der Waals surface area contributed by atoms with E-state index in [-0.39, 0.29) is 0 Å². The van der Waals surface area contributed by atoms with Gasteiger partial charge in [-0.05, 0) is 24.8 Å². The molecule has 2 nitrogen and oxygen atoms in total. The average Bonchev–Trinajstić information content (AvgIpc) is 2.11. The van der Waals surface area contributed by atoms with Crippen molar-refractivity contribution in [2.75, 3.05) is 26.7 Å². The molecule has 0 saturated heterocycles. The smallest absolute Gasteiger partial charge is 0.0214 e. The van der Waals surface area contributed by atoms with Crippen molar-refractivity contribution in [2.45, 2.75) is 47.6 Å². The Balaban J connectivity index is 4.27. The van der Waals surface area contributed by atoms with Gasteiger partial charge in [-0.1, -0.05) is 41.5 Å². The third-order valence-electron chi connectivity index (χ3n) is 2.88. The highest BCUT2D eigenvalue weighted by Crippen LogP contribution is 2.08. The van der Waals surface area contributed by atoms with E-state index in [1.165, 1.54) is 19.6 Å². The first-order valence-electron chi connectivity index (χ1n) is 6.76. The highest BCUT2D eigenvalue weighted by Gasteiger charge is 2.17. The number of nitrogens with zero attached hydrogens (tertiary/aromatic N) is 1. The molecule has 0 heterocycles. The second-order valence-corrected chi connectivity index (χ2v) is 6.15.